The zero-order valence-electron chi connectivity index (χ0n) is 4.56. The van der Waals surface area contributed by atoms with Crippen molar-refractivity contribution in [2.24, 2.45) is 11.5 Å². The normalized spacial score (nSPS) is 14.1. The molecule has 0 aliphatic heterocycles. The molecule has 0 spiro atoms. The van der Waals surface area contributed by atoms with Gasteiger partial charge < -0.3 is 11.5 Å². The van der Waals surface area contributed by atoms with Crippen molar-refractivity contribution in [1.82, 2.24) is 0 Å². The lowest BCUT2D eigenvalue weighted by molar-refractivity contribution is 0.628. The van der Waals surface area contributed by atoms with Crippen LogP contribution < -0.4 is 11.5 Å². The molecule has 2 heteroatoms. The lowest BCUT2D eigenvalue weighted by atomic mass is 10.2. The van der Waals surface area contributed by atoms with Crippen molar-refractivity contribution in [3.8, 4) is 0 Å². The summed E-state index contributed by atoms with van der Waals surface area (Å²) in [7, 11) is 0. The van der Waals surface area contributed by atoms with Crippen molar-refractivity contribution in [2.75, 3.05) is 6.54 Å². The van der Waals surface area contributed by atoms with Crippen LogP contribution in [0.25, 0.3) is 0 Å². The van der Waals surface area contributed by atoms with Gasteiger partial charge in [-0.1, -0.05) is 6.92 Å². The maximum absolute atomic E-state index is 5.44. The molecule has 0 aliphatic rings. The highest BCUT2D eigenvalue weighted by Crippen LogP contribution is 1.87. The second-order valence-corrected chi connectivity index (χ2v) is 1.63. The molecule has 4 N–H and O–H groups in total. The fourth-order valence-corrected chi connectivity index (χ4v) is 0.358. The molecular formula is C5H13N2. The van der Waals surface area contributed by atoms with E-state index in [-0.39, 0.29) is 6.04 Å². The molecule has 0 aromatic carbocycles. The van der Waals surface area contributed by atoms with Gasteiger partial charge in [0.2, 0.25) is 0 Å². The maximum Gasteiger partial charge on any atom is 0.00508 e. The van der Waals surface area contributed by atoms with E-state index in [1.807, 2.05) is 0 Å². The van der Waals surface area contributed by atoms with Gasteiger partial charge in [0, 0.05) is 6.04 Å². The van der Waals surface area contributed by atoms with Crippen LogP contribution in [0.4, 0.5) is 0 Å². The molecule has 0 heterocycles. The van der Waals surface area contributed by atoms with Gasteiger partial charge in [0.1, 0.15) is 0 Å². The number of hydrogen-bond acceptors (Lipinski definition) is 2. The van der Waals surface area contributed by atoms with Crippen LogP contribution in [-0.2, 0) is 0 Å². The summed E-state index contributed by atoms with van der Waals surface area (Å²) < 4.78 is 0. The summed E-state index contributed by atoms with van der Waals surface area (Å²) in [6, 6.07) is 0.213. The molecule has 0 aromatic heterocycles. The summed E-state index contributed by atoms with van der Waals surface area (Å²) in [5, 5.41) is 0. The van der Waals surface area contributed by atoms with Crippen molar-refractivity contribution in [2.45, 2.75) is 18.9 Å². The molecule has 7 heavy (non-hydrogen) atoms. The van der Waals surface area contributed by atoms with Crippen LogP contribution >= 0.6 is 0 Å². The van der Waals surface area contributed by atoms with E-state index >= 15 is 0 Å². The first-order valence-electron chi connectivity index (χ1n) is 2.56. The van der Waals surface area contributed by atoms with Crippen LogP contribution in [0.5, 0.6) is 0 Å². The molecule has 0 rings (SSSR count). The maximum atomic E-state index is 5.44. The molecule has 0 bridgehead atoms. The van der Waals surface area contributed by atoms with Gasteiger partial charge in [-0.25, -0.2) is 0 Å². The van der Waals surface area contributed by atoms with Gasteiger partial charge in [-0.05, 0) is 19.4 Å². The summed E-state index contributed by atoms with van der Waals surface area (Å²) in [6.07, 6.45) is 1.68. The van der Waals surface area contributed by atoms with Gasteiger partial charge in [-0.15, -0.1) is 0 Å². The zero-order valence-corrected chi connectivity index (χ0v) is 4.56. The van der Waals surface area contributed by atoms with Gasteiger partial charge >= 0.3 is 0 Å². The van der Waals surface area contributed by atoms with Gasteiger partial charge in [0.25, 0.3) is 0 Å². The van der Waals surface area contributed by atoms with E-state index in [1.165, 1.54) is 0 Å². The van der Waals surface area contributed by atoms with E-state index in [2.05, 4.69) is 6.92 Å². The molecule has 0 aromatic rings. The van der Waals surface area contributed by atoms with Crippen molar-refractivity contribution >= 4 is 0 Å². The Morgan fingerprint density at radius 1 is 1.57 bits per heavy atom. The lowest BCUT2D eigenvalue weighted by Gasteiger charge is -2.03. The van der Waals surface area contributed by atoms with Crippen LogP contribution in [-0.4, -0.2) is 12.6 Å². The SMILES string of the molecule is [CH2]CC(N)CCN. The van der Waals surface area contributed by atoms with E-state index < -0.39 is 0 Å². The van der Waals surface area contributed by atoms with Crippen LogP contribution in [0, 0.1) is 6.92 Å². The topological polar surface area (TPSA) is 52.0 Å². The Morgan fingerprint density at radius 3 is 2.29 bits per heavy atom. The van der Waals surface area contributed by atoms with Gasteiger partial charge in [0.15, 0.2) is 0 Å². The summed E-state index contributed by atoms with van der Waals surface area (Å²) in [4.78, 5) is 0. The molecule has 2 nitrogen and oxygen atoms in total. The minimum atomic E-state index is 0.213. The molecule has 43 valence electrons. The van der Waals surface area contributed by atoms with Crippen LogP contribution in [0.15, 0.2) is 0 Å². The summed E-state index contributed by atoms with van der Waals surface area (Å²) in [5.74, 6) is 0. The monoisotopic (exact) mass is 101 g/mol. The molecule has 1 atom stereocenters. The van der Waals surface area contributed by atoms with Gasteiger partial charge in [0.05, 0.1) is 0 Å². The van der Waals surface area contributed by atoms with E-state index in [0.29, 0.717) is 6.54 Å². The van der Waals surface area contributed by atoms with E-state index in [4.69, 9.17) is 11.5 Å². The number of nitrogens with two attached hydrogens (primary N) is 2. The molecule has 0 aliphatic carbocycles. The van der Waals surface area contributed by atoms with Crippen molar-refractivity contribution in [1.29, 1.82) is 0 Å². The summed E-state index contributed by atoms with van der Waals surface area (Å²) in [6.45, 7) is 4.30. The van der Waals surface area contributed by atoms with Gasteiger partial charge in [-0.2, -0.15) is 0 Å². The predicted octanol–water partition coefficient (Wildman–Crippen LogP) is -0.113. The Bertz CT molecular complexity index is 37.1. The minimum absolute atomic E-state index is 0.213. The van der Waals surface area contributed by atoms with Crippen molar-refractivity contribution in [3.05, 3.63) is 6.92 Å². The Labute approximate surface area is 44.9 Å². The Morgan fingerprint density at radius 2 is 2.14 bits per heavy atom. The second-order valence-electron chi connectivity index (χ2n) is 1.63. The minimum Gasteiger partial charge on any atom is -0.330 e. The highest BCUT2D eigenvalue weighted by molar-refractivity contribution is 4.61. The van der Waals surface area contributed by atoms with E-state index in [1.54, 1.807) is 0 Å². The molecule has 0 saturated carbocycles. The third-order valence-corrected chi connectivity index (χ3v) is 0.908. The van der Waals surface area contributed by atoms with Crippen LogP contribution in [0.3, 0.4) is 0 Å². The standard InChI is InChI=1S/C5H13N2/c1-2-5(7)3-4-6/h5H,1-4,6-7H2. The second kappa shape index (κ2) is 4.09. The Kier molecular flexibility index (Phi) is 4.04. The van der Waals surface area contributed by atoms with E-state index in [0.717, 1.165) is 12.8 Å². The quantitative estimate of drug-likeness (QED) is 0.521. The predicted molar refractivity (Wildman–Crippen MR) is 31.6 cm³/mol. The molecule has 1 unspecified atom stereocenters. The van der Waals surface area contributed by atoms with Crippen LogP contribution in [0.2, 0.25) is 0 Å². The average molecular weight is 101 g/mol. The summed E-state index contributed by atoms with van der Waals surface area (Å²) in [5.41, 5.74) is 10.6. The van der Waals surface area contributed by atoms with Crippen LogP contribution in [0.1, 0.15) is 12.8 Å². The average Bonchev–Trinajstić information content (AvgIpc) is 1.68. The molecule has 0 amide bonds. The fourth-order valence-electron chi connectivity index (χ4n) is 0.358. The molecular weight excluding hydrogens is 88.1 g/mol. The van der Waals surface area contributed by atoms with Crippen molar-refractivity contribution < 1.29 is 0 Å². The first-order chi connectivity index (χ1) is 3.31. The lowest BCUT2D eigenvalue weighted by Crippen LogP contribution is -2.22. The highest BCUT2D eigenvalue weighted by atomic mass is 14.6. The largest absolute Gasteiger partial charge is 0.330 e. The molecule has 0 fully saturated rings. The molecule has 0 saturated heterocycles. The molecule has 1 radical (unpaired) electrons. The number of rotatable bonds is 3. The first kappa shape index (κ1) is 6.92. The van der Waals surface area contributed by atoms with E-state index in [9.17, 15) is 0 Å². The Balaban J connectivity index is 2.83. The smallest absolute Gasteiger partial charge is 0.00508 e. The third kappa shape index (κ3) is 3.76. The Hall–Kier alpha value is -0.0800. The third-order valence-electron chi connectivity index (χ3n) is 0.908. The zero-order chi connectivity index (χ0) is 5.70. The summed E-state index contributed by atoms with van der Waals surface area (Å²) >= 11 is 0. The first-order valence-corrected chi connectivity index (χ1v) is 2.56. The highest BCUT2D eigenvalue weighted by Gasteiger charge is 1.93. The number of hydrogen-bond donors (Lipinski definition) is 2. The fraction of sp³-hybridized carbons (Fsp3) is 0.800. The van der Waals surface area contributed by atoms with Crippen molar-refractivity contribution in [3.63, 3.8) is 0 Å². The van der Waals surface area contributed by atoms with Gasteiger partial charge in [-0.3, -0.25) is 0 Å².